The van der Waals surface area contributed by atoms with Gasteiger partial charge in [-0.05, 0) is 51.7 Å². The average molecular weight is 280 g/mol. The van der Waals surface area contributed by atoms with E-state index in [0.717, 1.165) is 18.0 Å². The van der Waals surface area contributed by atoms with E-state index in [2.05, 4.69) is 23.3 Å². The third-order valence-electron chi connectivity index (χ3n) is 4.47. The molecular formula is C14H24N4S. The summed E-state index contributed by atoms with van der Waals surface area (Å²) >= 11 is 5.60. The first-order valence-corrected chi connectivity index (χ1v) is 8.03. The van der Waals surface area contributed by atoms with Gasteiger partial charge in [0.05, 0.1) is 6.67 Å². The largest absolute Gasteiger partial charge is 0.304 e. The summed E-state index contributed by atoms with van der Waals surface area (Å²) in [5.41, 5.74) is 0. The molecule has 19 heavy (non-hydrogen) atoms. The Kier molecular flexibility index (Phi) is 3.76. The summed E-state index contributed by atoms with van der Waals surface area (Å²) in [4.78, 5) is 2.52. The molecule has 3 rings (SSSR count). The molecule has 1 aliphatic heterocycles. The van der Waals surface area contributed by atoms with Gasteiger partial charge in [0.2, 0.25) is 0 Å². The van der Waals surface area contributed by atoms with Crippen molar-refractivity contribution in [3.05, 3.63) is 10.6 Å². The lowest BCUT2D eigenvalue weighted by Gasteiger charge is -2.32. The van der Waals surface area contributed by atoms with Crippen LogP contribution in [0.25, 0.3) is 0 Å². The van der Waals surface area contributed by atoms with E-state index in [0.29, 0.717) is 12.0 Å². The molecule has 5 heteroatoms. The van der Waals surface area contributed by atoms with Gasteiger partial charge in [0.25, 0.3) is 0 Å². The van der Waals surface area contributed by atoms with Gasteiger partial charge in [0.15, 0.2) is 4.77 Å². The molecule has 2 heterocycles. The predicted molar refractivity (Wildman–Crippen MR) is 78.7 cm³/mol. The number of hydrogen-bond donors (Lipinski definition) is 0. The van der Waals surface area contributed by atoms with Gasteiger partial charge in [-0.3, -0.25) is 4.90 Å². The molecule has 0 aromatic carbocycles. The van der Waals surface area contributed by atoms with Crippen molar-refractivity contribution in [1.29, 1.82) is 0 Å². The molecule has 1 saturated carbocycles. The van der Waals surface area contributed by atoms with E-state index in [1.165, 1.54) is 44.5 Å². The van der Waals surface area contributed by atoms with Gasteiger partial charge in [-0.2, -0.15) is 5.10 Å². The van der Waals surface area contributed by atoms with Gasteiger partial charge >= 0.3 is 0 Å². The van der Waals surface area contributed by atoms with Gasteiger partial charge in [-0.15, -0.1) is 0 Å². The normalized spacial score (nSPS) is 24.8. The highest BCUT2D eigenvalue weighted by Gasteiger charge is 2.30. The number of nitrogens with zero attached hydrogens (tertiary/aromatic N) is 4. The fourth-order valence-corrected chi connectivity index (χ4v) is 3.35. The van der Waals surface area contributed by atoms with Crippen molar-refractivity contribution in [2.75, 3.05) is 6.54 Å². The van der Waals surface area contributed by atoms with Crippen LogP contribution >= 0.6 is 12.2 Å². The van der Waals surface area contributed by atoms with E-state index in [4.69, 9.17) is 17.3 Å². The molecule has 4 nitrogen and oxygen atoms in total. The number of piperidine rings is 1. The molecule has 1 aromatic heterocycles. The molecule has 1 aliphatic carbocycles. The molecular weight excluding hydrogens is 256 g/mol. The van der Waals surface area contributed by atoms with E-state index >= 15 is 0 Å². The van der Waals surface area contributed by atoms with Crippen LogP contribution in [0.1, 0.15) is 57.7 Å². The second-order valence-electron chi connectivity index (χ2n) is 5.96. The monoisotopic (exact) mass is 280 g/mol. The Bertz CT molecular complexity index is 500. The van der Waals surface area contributed by atoms with Gasteiger partial charge in [-0.1, -0.05) is 6.42 Å². The Balaban J connectivity index is 1.82. The Labute approximate surface area is 120 Å². The van der Waals surface area contributed by atoms with E-state index in [9.17, 15) is 0 Å². The maximum Gasteiger partial charge on any atom is 0.199 e. The molecule has 2 aliphatic rings. The first kappa shape index (κ1) is 13.3. The summed E-state index contributed by atoms with van der Waals surface area (Å²) in [5, 5.41) is 4.80. The average Bonchev–Trinajstić information content (AvgIpc) is 3.19. The van der Waals surface area contributed by atoms with E-state index in [-0.39, 0.29) is 0 Å². The minimum Gasteiger partial charge on any atom is -0.304 e. The van der Waals surface area contributed by atoms with Crippen LogP contribution in [0, 0.1) is 4.77 Å². The second-order valence-corrected chi connectivity index (χ2v) is 6.32. The molecule has 106 valence electrons. The summed E-state index contributed by atoms with van der Waals surface area (Å²) < 4.78 is 5.18. The topological polar surface area (TPSA) is 26.0 Å². The highest BCUT2D eigenvalue weighted by molar-refractivity contribution is 7.71. The van der Waals surface area contributed by atoms with Gasteiger partial charge in [0.1, 0.15) is 5.82 Å². The van der Waals surface area contributed by atoms with Crippen molar-refractivity contribution in [3.8, 4) is 0 Å². The Morgan fingerprint density at radius 1 is 1.26 bits per heavy atom. The molecule has 1 saturated heterocycles. The van der Waals surface area contributed by atoms with Crippen LogP contribution < -0.4 is 0 Å². The molecule has 0 radical (unpaired) electrons. The molecule has 2 fully saturated rings. The SMILES string of the molecule is CCn1c(C2CC2)nn(CN2CCCCC2C)c1=S. The van der Waals surface area contributed by atoms with Crippen LogP contribution in [-0.2, 0) is 13.2 Å². The molecule has 1 aromatic rings. The Morgan fingerprint density at radius 3 is 2.68 bits per heavy atom. The number of rotatable bonds is 4. The first-order chi connectivity index (χ1) is 9.20. The minimum absolute atomic E-state index is 0.659. The van der Waals surface area contributed by atoms with Gasteiger partial charge in [-0.25, -0.2) is 4.68 Å². The smallest absolute Gasteiger partial charge is 0.199 e. The van der Waals surface area contributed by atoms with Crippen LogP contribution in [0.2, 0.25) is 0 Å². The van der Waals surface area contributed by atoms with Crippen molar-refractivity contribution in [1.82, 2.24) is 19.2 Å². The summed E-state index contributed by atoms with van der Waals surface area (Å²) in [6, 6.07) is 0.659. The standard InChI is InChI=1S/C14H24N4S/c1-3-17-13(12-7-8-12)15-18(14(17)19)10-16-9-5-4-6-11(16)2/h11-12H,3-10H2,1-2H3. The third kappa shape index (κ3) is 2.63. The number of hydrogen-bond acceptors (Lipinski definition) is 3. The van der Waals surface area contributed by atoms with Crippen LogP contribution in [0.5, 0.6) is 0 Å². The van der Waals surface area contributed by atoms with Gasteiger partial charge < -0.3 is 4.57 Å². The number of aromatic nitrogens is 3. The fourth-order valence-electron chi connectivity index (χ4n) is 3.03. The van der Waals surface area contributed by atoms with Gasteiger partial charge in [0, 0.05) is 25.0 Å². The molecule has 1 atom stereocenters. The summed E-state index contributed by atoms with van der Waals surface area (Å²) in [6.45, 7) is 7.48. The maximum atomic E-state index is 5.60. The van der Waals surface area contributed by atoms with Crippen molar-refractivity contribution in [2.45, 2.75) is 71.1 Å². The molecule has 0 N–H and O–H groups in total. The second kappa shape index (κ2) is 5.37. The third-order valence-corrected chi connectivity index (χ3v) is 4.90. The molecule has 0 spiro atoms. The first-order valence-electron chi connectivity index (χ1n) is 7.62. The van der Waals surface area contributed by atoms with E-state index in [1.54, 1.807) is 0 Å². The highest BCUT2D eigenvalue weighted by Crippen LogP contribution is 2.39. The minimum atomic E-state index is 0.659. The lowest BCUT2D eigenvalue weighted by atomic mass is 10.0. The van der Waals surface area contributed by atoms with Crippen LogP contribution in [-0.4, -0.2) is 31.8 Å². The van der Waals surface area contributed by atoms with Crippen molar-refractivity contribution in [2.24, 2.45) is 0 Å². The van der Waals surface area contributed by atoms with Crippen LogP contribution in [0.3, 0.4) is 0 Å². The maximum absolute atomic E-state index is 5.60. The zero-order valence-corrected chi connectivity index (χ0v) is 12.8. The van der Waals surface area contributed by atoms with Crippen LogP contribution in [0.4, 0.5) is 0 Å². The quantitative estimate of drug-likeness (QED) is 0.793. The highest BCUT2D eigenvalue weighted by atomic mass is 32.1. The molecule has 0 amide bonds. The van der Waals surface area contributed by atoms with E-state index in [1.807, 2.05) is 4.68 Å². The van der Waals surface area contributed by atoms with E-state index < -0.39 is 0 Å². The predicted octanol–water partition coefficient (Wildman–Crippen LogP) is 3.14. The summed E-state index contributed by atoms with van der Waals surface area (Å²) in [7, 11) is 0. The fraction of sp³-hybridized carbons (Fsp3) is 0.857. The molecule has 1 unspecified atom stereocenters. The lowest BCUT2D eigenvalue weighted by Crippen LogP contribution is -2.39. The summed E-state index contributed by atoms with van der Waals surface area (Å²) in [5.74, 6) is 1.89. The van der Waals surface area contributed by atoms with Crippen LogP contribution in [0.15, 0.2) is 0 Å². The number of likely N-dealkylation sites (tertiary alicyclic amines) is 1. The van der Waals surface area contributed by atoms with Crippen molar-refractivity contribution >= 4 is 12.2 Å². The summed E-state index contributed by atoms with van der Waals surface area (Å²) in [6.07, 6.45) is 6.54. The lowest BCUT2D eigenvalue weighted by molar-refractivity contribution is 0.114. The Hall–Kier alpha value is -0.680. The Morgan fingerprint density at radius 2 is 2.05 bits per heavy atom. The van der Waals surface area contributed by atoms with Crippen molar-refractivity contribution < 1.29 is 0 Å². The molecule has 0 bridgehead atoms. The van der Waals surface area contributed by atoms with Crippen molar-refractivity contribution in [3.63, 3.8) is 0 Å². The zero-order valence-electron chi connectivity index (χ0n) is 12.0. The zero-order chi connectivity index (χ0) is 13.4.